The van der Waals surface area contributed by atoms with E-state index in [1.54, 1.807) is 0 Å². The van der Waals surface area contributed by atoms with Crippen molar-refractivity contribution in [1.82, 2.24) is 5.32 Å². The van der Waals surface area contributed by atoms with Crippen LogP contribution in [0.2, 0.25) is 0 Å². The summed E-state index contributed by atoms with van der Waals surface area (Å²) < 4.78 is 0. The number of carbonyl (C=O) groups excluding carboxylic acids is 2. The quantitative estimate of drug-likeness (QED) is 0.783. The fourth-order valence-corrected chi connectivity index (χ4v) is 4.09. The average Bonchev–Trinajstić information content (AvgIpc) is 3.53. The molecule has 5 nitrogen and oxygen atoms in total. The van der Waals surface area contributed by atoms with Crippen LogP contribution in [0.1, 0.15) is 48.5 Å². The lowest BCUT2D eigenvalue weighted by atomic mass is 9.89. The second-order valence-electron chi connectivity index (χ2n) is 8.28. The van der Waals surface area contributed by atoms with E-state index in [0.717, 1.165) is 50.9 Å². The molecular weight excluding hydrogens is 362 g/mol. The molecule has 1 heterocycles. The molecule has 2 amide bonds. The van der Waals surface area contributed by atoms with Crippen molar-refractivity contribution in [3.8, 4) is 0 Å². The molecule has 4 rings (SSSR count). The van der Waals surface area contributed by atoms with E-state index in [-0.39, 0.29) is 11.8 Å². The zero-order chi connectivity index (χ0) is 20.2. The minimum absolute atomic E-state index is 0.0406. The Balaban J connectivity index is 1.46. The number of piperidine rings is 1. The zero-order valence-corrected chi connectivity index (χ0v) is 17.0. The first-order valence-corrected chi connectivity index (χ1v) is 10.6. The SMILES string of the molecule is CC(=O)Nc1ccc(N2CCC(Cc3ccccc3)CC2)c(C(=O)NC2CC2)c1. The molecule has 0 aromatic heterocycles. The van der Waals surface area contributed by atoms with E-state index in [2.05, 4.69) is 45.9 Å². The summed E-state index contributed by atoms with van der Waals surface area (Å²) in [5.74, 6) is 0.505. The van der Waals surface area contributed by atoms with Crippen molar-refractivity contribution in [2.45, 2.75) is 45.1 Å². The molecule has 2 aliphatic rings. The highest BCUT2D eigenvalue weighted by atomic mass is 16.2. The van der Waals surface area contributed by atoms with Gasteiger partial charge in [-0.2, -0.15) is 0 Å². The van der Waals surface area contributed by atoms with Crippen molar-refractivity contribution in [2.75, 3.05) is 23.3 Å². The van der Waals surface area contributed by atoms with Gasteiger partial charge in [0.05, 0.1) is 5.56 Å². The van der Waals surface area contributed by atoms with Crippen LogP contribution in [-0.4, -0.2) is 30.9 Å². The van der Waals surface area contributed by atoms with E-state index in [9.17, 15) is 9.59 Å². The molecule has 0 bridgehead atoms. The third kappa shape index (κ3) is 5.17. The monoisotopic (exact) mass is 391 g/mol. The number of rotatable bonds is 6. The Morgan fingerprint density at radius 1 is 1.00 bits per heavy atom. The van der Waals surface area contributed by atoms with Gasteiger partial charge in [0.15, 0.2) is 0 Å². The molecule has 0 atom stereocenters. The van der Waals surface area contributed by atoms with Gasteiger partial charge in [-0.3, -0.25) is 9.59 Å². The minimum Gasteiger partial charge on any atom is -0.371 e. The number of carbonyl (C=O) groups is 2. The molecule has 0 spiro atoms. The second kappa shape index (κ2) is 8.68. The Kier molecular flexibility index (Phi) is 5.84. The van der Waals surface area contributed by atoms with Gasteiger partial charge in [-0.15, -0.1) is 0 Å². The Bertz CT molecular complexity index is 869. The number of hydrogen-bond acceptors (Lipinski definition) is 3. The number of hydrogen-bond donors (Lipinski definition) is 2. The van der Waals surface area contributed by atoms with Crippen LogP contribution in [0, 0.1) is 5.92 Å². The van der Waals surface area contributed by atoms with Crippen LogP contribution in [0.25, 0.3) is 0 Å². The van der Waals surface area contributed by atoms with Crippen molar-refractivity contribution >= 4 is 23.2 Å². The van der Waals surface area contributed by atoms with Crippen LogP contribution in [0.5, 0.6) is 0 Å². The predicted molar refractivity (Wildman–Crippen MR) is 116 cm³/mol. The summed E-state index contributed by atoms with van der Waals surface area (Å²) in [6.07, 6.45) is 5.46. The molecule has 1 saturated carbocycles. The molecule has 29 heavy (non-hydrogen) atoms. The summed E-state index contributed by atoms with van der Waals surface area (Å²) in [7, 11) is 0. The van der Waals surface area contributed by atoms with E-state index in [1.807, 2.05) is 18.2 Å². The van der Waals surface area contributed by atoms with Crippen molar-refractivity contribution in [3.05, 3.63) is 59.7 Å². The molecule has 152 valence electrons. The highest BCUT2D eigenvalue weighted by Crippen LogP contribution is 2.31. The van der Waals surface area contributed by atoms with Gasteiger partial charge in [-0.05, 0) is 61.8 Å². The Morgan fingerprint density at radius 3 is 2.38 bits per heavy atom. The summed E-state index contributed by atoms with van der Waals surface area (Å²) in [4.78, 5) is 26.6. The lowest BCUT2D eigenvalue weighted by Crippen LogP contribution is -2.36. The third-order valence-electron chi connectivity index (χ3n) is 5.80. The number of benzene rings is 2. The maximum Gasteiger partial charge on any atom is 0.253 e. The molecule has 2 aromatic carbocycles. The average molecular weight is 392 g/mol. The van der Waals surface area contributed by atoms with E-state index in [4.69, 9.17) is 0 Å². The topological polar surface area (TPSA) is 61.4 Å². The first-order chi connectivity index (χ1) is 14.1. The summed E-state index contributed by atoms with van der Waals surface area (Å²) >= 11 is 0. The number of anilines is 2. The van der Waals surface area contributed by atoms with Crippen LogP contribution in [0.4, 0.5) is 11.4 Å². The van der Waals surface area contributed by atoms with E-state index in [1.165, 1.54) is 12.5 Å². The highest BCUT2D eigenvalue weighted by molar-refractivity contribution is 6.02. The van der Waals surface area contributed by atoms with Gasteiger partial charge in [0.1, 0.15) is 0 Å². The van der Waals surface area contributed by atoms with Gasteiger partial charge in [0.2, 0.25) is 5.91 Å². The van der Waals surface area contributed by atoms with Crippen LogP contribution in [0.15, 0.2) is 48.5 Å². The number of nitrogens with one attached hydrogen (secondary N) is 2. The second-order valence-corrected chi connectivity index (χ2v) is 8.28. The molecule has 0 radical (unpaired) electrons. The fraction of sp³-hybridized carbons (Fsp3) is 0.417. The fourth-order valence-electron chi connectivity index (χ4n) is 4.09. The van der Waals surface area contributed by atoms with Crippen LogP contribution in [0.3, 0.4) is 0 Å². The van der Waals surface area contributed by atoms with E-state index >= 15 is 0 Å². The summed E-state index contributed by atoms with van der Waals surface area (Å²) in [5, 5.41) is 5.89. The Labute approximate surface area is 172 Å². The number of amides is 2. The zero-order valence-electron chi connectivity index (χ0n) is 17.0. The maximum absolute atomic E-state index is 12.9. The summed E-state index contributed by atoms with van der Waals surface area (Å²) in [6, 6.07) is 16.6. The highest BCUT2D eigenvalue weighted by Gasteiger charge is 2.27. The van der Waals surface area contributed by atoms with Gasteiger partial charge in [0.25, 0.3) is 5.91 Å². The van der Waals surface area contributed by atoms with Gasteiger partial charge in [-0.25, -0.2) is 0 Å². The summed E-state index contributed by atoms with van der Waals surface area (Å²) in [5.41, 5.74) is 3.69. The van der Waals surface area contributed by atoms with Crippen molar-refractivity contribution in [2.24, 2.45) is 5.92 Å². The lowest BCUT2D eigenvalue weighted by molar-refractivity contribution is -0.114. The van der Waals surface area contributed by atoms with Crippen molar-refractivity contribution < 1.29 is 9.59 Å². The molecule has 1 aliphatic carbocycles. The largest absolute Gasteiger partial charge is 0.371 e. The van der Waals surface area contributed by atoms with E-state index < -0.39 is 0 Å². The molecule has 2 fully saturated rings. The van der Waals surface area contributed by atoms with Gasteiger partial charge >= 0.3 is 0 Å². The van der Waals surface area contributed by atoms with E-state index in [0.29, 0.717) is 23.2 Å². The number of nitrogens with zero attached hydrogens (tertiary/aromatic N) is 1. The molecule has 2 aromatic rings. The smallest absolute Gasteiger partial charge is 0.253 e. The van der Waals surface area contributed by atoms with Crippen molar-refractivity contribution in [3.63, 3.8) is 0 Å². The molecular formula is C24H29N3O2. The molecule has 5 heteroatoms. The predicted octanol–water partition coefficient (Wildman–Crippen LogP) is 4.00. The summed E-state index contributed by atoms with van der Waals surface area (Å²) in [6.45, 7) is 3.37. The third-order valence-corrected chi connectivity index (χ3v) is 5.80. The Hall–Kier alpha value is -2.82. The first kappa shape index (κ1) is 19.5. The van der Waals surface area contributed by atoms with Crippen LogP contribution in [-0.2, 0) is 11.2 Å². The molecule has 2 N–H and O–H groups in total. The molecule has 1 aliphatic heterocycles. The van der Waals surface area contributed by atoms with Gasteiger partial charge < -0.3 is 15.5 Å². The van der Waals surface area contributed by atoms with Crippen LogP contribution < -0.4 is 15.5 Å². The Morgan fingerprint density at radius 2 is 1.72 bits per heavy atom. The van der Waals surface area contributed by atoms with Gasteiger partial charge in [0, 0.05) is 37.4 Å². The minimum atomic E-state index is -0.131. The normalized spacial score (nSPS) is 17.1. The molecule has 1 saturated heterocycles. The van der Waals surface area contributed by atoms with Crippen molar-refractivity contribution in [1.29, 1.82) is 0 Å². The lowest BCUT2D eigenvalue weighted by Gasteiger charge is -2.35. The maximum atomic E-state index is 12.9. The first-order valence-electron chi connectivity index (χ1n) is 10.6. The standard InChI is InChI=1S/C24H29N3O2/c1-17(28)25-21-9-10-23(22(16-21)24(29)26-20-7-8-20)27-13-11-19(12-14-27)15-18-5-3-2-4-6-18/h2-6,9-10,16,19-20H,7-8,11-15H2,1H3,(H,25,28)(H,26,29). The van der Waals surface area contributed by atoms with Crippen LogP contribution >= 0.6 is 0 Å². The van der Waals surface area contributed by atoms with Gasteiger partial charge in [-0.1, -0.05) is 30.3 Å². The molecule has 0 unspecified atom stereocenters.